The molecule has 0 N–H and O–H groups in total. The fourth-order valence-electron chi connectivity index (χ4n) is 3.72. The molecule has 27 heavy (non-hydrogen) atoms. The Morgan fingerprint density at radius 2 is 0.815 bits per heavy atom. The maximum absolute atomic E-state index is 2.46. The van der Waals surface area contributed by atoms with Crippen molar-refractivity contribution >= 4 is 0 Å². The van der Waals surface area contributed by atoms with E-state index in [-0.39, 0.29) is 21.7 Å². The molecule has 0 aliphatic carbocycles. The molecule has 0 amide bonds. The molecule has 0 aliphatic rings. The monoisotopic (exact) mass is 364 g/mol. The highest BCUT2D eigenvalue weighted by atomic mass is 14.4. The van der Waals surface area contributed by atoms with Crippen LogP contribution >= 0.6 is 0 Å². The van der Waals surface area contributed by atoms with Gasteiger partial charge in [-0.3, -0.25) is 0 Å². The molecule has 0 unspecified atom stereocenters. The highest BCUT2D eigenvalue weighted by Gasteiger charge is 2.31. The second kappa shape index (κ2) is 6.80. The maximum Gasteiger partial charge on any atom is 0.0149 e. The minimum atomic E-state index is -0.0414. The van der Waals surface area contributed by atoms with Crippen LogP contribution in [0, 0.1) is 0 Å². The van der Waals surface area contributed by atoms with Crippen LogP contribution in [0.15, 0.2) is 42.5 Å². The van der Waals surface area contributed by atoms with Gasteiger partial charge in [-0.25, -0.2) is 0 Å². The Hall–Kier alpha value is -1.56. The van der Waals surface area contributed by atoms with E-state index in [2.05, 4.69) is 119 Å². The largest absolute Gasteiger partial charge is 0.0582 e. The van der Waals surface area contributed by atoms with Crippen molar-refractivity contribution in [3.05, 3.63) is 70.3 Å². The Kier molecular flexibility index (Phi) is 5.47. The Labute approximate surface area is 168 Å². The van der Waals surface area contributed by atoms with Gasteiger partial charge in [-0.15, -0.1) is 0 Å². The van der Waals surface area contributed by atoms with Crippen LogP contribution < -0.4 is 0 Å². The molecule has 0 nitrogen and oxygen atoms in total. The minimum absolute atomic E-state index is 0.0414. The van der Waals surface area contributed by atoms with Gasteiger partial charge in [-0.05, 0) is 44.1 Å². The van der Waals surface area contributed by atoms with Crippen LogP contribution in [0.1, 0.15) is 104 Å². The van der Waals surface area contributed by atoms with Gasteiger partial charge in [0.15, 0.2) is 0 Å². The average molecular weight is 365 g/mol. The lowest BCUT2D eigenvalue weighted by atomic mass is 9.69. The Morgan fingerprint density at radius 1 is 0.407 bits per heavy atom. The molecule has 0 fully saturated rings. The van der Waals surface area contributed by atoms with Crippen molar-refractivity contribution in [1.29, 1.82) is 0 Å². The first-order chi connectivity index (χ1) is 12.0. The summed E-state index contributed by atoms with van der Waals surface area (Å²) in [6.45, 7) is 25.4. The number of rotatable bonds is 2. The first kappa shape index (κ1) is 21.7. The predicted octanol–water partition coefficient (Wildman–Crippen LogP) is 7.91. The summed E-state index contributed by atoms with van der Waals surface area (Å²) in [7, 11) is 0. The van der Waals surface area contributed by atoms with E-state index in [1.54, 1.807) is 0 Å². The van der Waals surface area contributed by atoms with Gasteiger partial charge >= 0.3 is 0 Å². The lowest BCUT2D eigenvalue weighted by molar-refractivity contribution is 0.539. The van der Waals surface area contributed by atoms with E-state index in [1.165, 1.54) is 27.8 Å². The van der Waals surface area contributed by atoms with Gasteiger partial charge in [-0.2, -0.15) is 0 Å². The van der Waals surface area contributed by atoms with Crippen molar-refractivity contribution in [2.45, 2.75) is 97.8 Å². The Balaban J connectivity index is 2.65. The van der Waals surface area contributed by atoms with Gasteiger partial charge in [0, 0.05) is 5.41 Å². The fraction of sp³-hybridized carbons (Fsp3) is 0.556. The van der Waals surface area contributed by atoms with Crippen LogP contribution in [0.4, 0.5) is 0 Å². The summed E-state index contributed by atoms with van der Waals surface area (Å²) < 4.78 is 0. The summed E-state index contributed by atoms with van der Waals surface area (Å²) in [5.41, 5.74) is 7.49. The van der Waals surface area contributed by atoms with E-state index in [4.69, 9.17) is 0 Å². The van der Waals surface area contributed by atoms with Crippen LogP contribution in [0.5, 0.6) is 0 Å². The molecule has 0 spiro atoms. The fourth-order valence-corrected chi connectivity index (χ4v) is 3.72. The van der Waals surface area contributed by atoms with Gasteiger partial charge in [-0.1, -0.05) is 119 Å². The summed E-state index contributed by atoms with van der Waals surface area (Å²) in [5, 5.41) is 0. The van der Waals surface area contributed by atoms with Crippen LogP contribution in [0.3, 0.4) is 0 Å². The van der Waals surface area contributed by atoms with Crippen molar-refractivity contribution < 1.29 is 0 Å². The predicted molar refractivity (Wildman–Crippen MR) is 121 cm³/mol. The third kappa shape index (κ3) is 4.65. The summed E-state index contributed by atoms with van der Waals surface area (Å²) in [6.07, 6.45) is 0. The molecule has 2 rings (SSSR count). The SMILES string of the molecule is CC(C)(C)c1ccc(C(C)(C)c2cc(C(C)(C)C)ccc2C(C)(C)C)cc1. The van der Waals surface area contributed by atoms with Crippen molar-refractivity contribution in [3.8, 4) is 0 Å². The van der Waals surface area contributed by atoms with Crippen molar-refractivity contribution in [2.75, 3.05) is 0 Å². The minimum Gasteiger partial charge on any atom is -0.0582 e. The average Bonchev–Trinajstić information content (AvgIpc) is 2.52. The zero-order chi connectivity index (χ0) is 20.8. The molecule has 0 aromatic heterocycles. The molecular weight excluding hydrogens is 324 g/mol. The summed E-state index contributed by atoms with van der Waals surface area (Å²) in [4.78, 5) is 0. The quantitative estimate of drug-likeness (QED) is 0.508. The molecule has 0 saturated carbocycles. The summed E-state index contributed by atoms with van der Waals surface area (Å²) >= 11 is 0. The summed E-state index contributed by atoms with van der Waals surface area (Å²) in [6, 6.07) is 16.4. The zero-order valence-electron chi connectivity index (χ0n) is 19.5. The van der Waals surface area contributed by atoms with E-state index >= 15 is 0 Å². The van der Waals surface area contributed by atoms with Gasteiger partial charge in [0.1, 0.15) is 0 Å². The zero-order valence-corrected chi connectivity index (χ0v) is 19.5. The molecule has 0 heteroatoms. The lowest BCUT2D eigenvalue weighted by Gasteiger charge is -2.35. The van der Waals surface area contributed by atoms with Crippen LogP contribution in [-0.4, -0.2) is 0 Å². The normalized spacial score (nSPS) is 13.7. The van der Waals surface area contributed by atoms with Crippen molar-refractivity contribution in [1.82, 2.24) is 0 Å². The van der Waals surface area contributed by atoms with Crippen LogP contribution in [0.25, 0.3) is 0 Å². The molecule has 0 atom stereocenters. The second-order valence-corrected chi connectivity index (χ2v) is 11.7. The first-order valence-electron chi connectivity index (χ1n) is 10.3. The highest BCUT2D eigenvalue weighted by Crippen LogP contribution is 2.41. The Bertz CT molecular complexity index is 782. The molecule has 0 heterocycles. The standard InChI is InChI=1S/C27H40/c1-24(2,3)19-12-14-20(15-13-19)27(10,11)23-18-21(25(4,5)6)16-17-22(23)26(7,8)9/h12-18H,1-11H3. The third-order valence-corrected chi connectivity index (χ3v) is 5.84. The van der Waals surface area contributed by atoms with E-state index in [9.17, 15) is 0 Å². The molecule has 2 aromatic carbocycles. The lowest BCUT2D eigenvalue weighted by Crippen LogP contribution is -2.27. The van der Waals surface area contributed by atoms with Gasteiger partial charge in [0.25, 0.3) is 0 Å². The summed E-state index contributed by atoms with van der Waals surface area (Å²) in [5.74, 6) is 0. The van der Waals surface area contributed by atoms with Crippen molar-refractivity contribution in [2.24, 2.45) is 0 Å². The van der Waals surface area contributed by atoms with E-state index in [1.807, 2.05) is 0 Å². The van der Waals surface area contributed by atoms with E-state index in [0.717, 1.165) is 0 Å². The molecular formula is C27H40. The molecule has 0 saturated heterocycles. The van der Waals surface area contributed by atoms with Gasteiger partial charge < -0.3 is 0 Å². The second-order valence-electron chi connectivity index (χ2n) is 11.7. The third-order valence-electron chi connectivity index (χ3n) is 5.84. The van der Waals surface area contributed by atoms with Crippen LogP contribution in [-0.2, 0) is 21.7 Å². The maximum atomic E-state index is 2.46. The van der Waals surface area contributed by atoms with Gasteiger partial charge in [0.05, 0.1) is 0 Å². The van der Waals surface area contributed by atoms with E-state index in [0.29, 0.717) is 0 Å². The molecule has 0 aliphatic heterocycles. The molecule has 0 radical (unpaired) electrons. The van der Waals surface area contributed by atoms with Gasteiger partial charge in [0.2, 0.25) is 0 Å². The number of benzene rings is 2. The van der Waals surface area contributed by atoms with Crippen molar-refractivity contribution in [3.63, 3.8) is 0 Å². The van der Waals surface area contributed by atoms with E-state index < -0.39 is 0 Å². The molecule has 2 aromatic rings. The molecule has 0 bridgehead atoms. The Morgan fingerprint density at radius 3 is 1.22 bits per heavy atom. The number of hydrogen-bond donors (Lipinski definition) is 0. The smallest absolute Gasteiger partial charge is 0.0149 e. The van der Waals surface area contributed by atoms with Crippen LogP contribution in [0.2, 0.25) is 0 Å². The highest BCUT2D eigenvalue weighted by molar-refractivity contribution is 5.48. The number of hydrogen-bond acceptors (Lipinski definition) is 0. The first-order valence-corrected chi connectivity index (χ1v) is 10.3. The molecule has 148 valence electrons. The topological polar surface area (TPSA) is 0 Å².